The van der Waals surface area contributed by atoms with Gasteiger partial charge in [0, 0.05) is 30.3 Å². The second kappa shape index (κ2) is 9.52. The second-order valence-electron chi connectivity index (χ2n) is 9.17. The normalized spacial score (nSPS) is 13.1. The summed E-state index contributed by atoms with van der Waals surface area (Å²) in [4.78, 5) is 20.7. The fraction of sp³-hybridized carbons (Fsp3) is 0.346. The SMILES string of the molecule is COC(=O)Nc1c(C)nn(-c2cc(Cc3c(C)c(-c4ccc(F)cc4)nn3CC3CC3)ncn2)c1C. The first-order valence-electron chi connectivity index (χ1n) is 11.9. The minimum absolute atomic E-state index is 0.267. The molecule has 1 fully saturated rings. The lowest BCUT2D eigenvalue weighted by atomic mass is 10.0. The Hall–Kier alpha value is -4.08. The molecule has 186 valence electrons. The van der Waals surface area contributed by atoms with Crippen LogP contribution in [0.25, 0.3) is 17.1 Å². The van der Waals surface area contributed by atoms with Gasteiger partial charge in [0.2, 0.25) is 0 Å². The van der Waals surface area contributed by atoms with Crippen LogP contribution >= 0.6 is 0 Å². The van der Waals surface area contributed by atoms with E-state index in [9.17, 15) is 9.18 Å². The fourth-order valence-corrected chi connectivity index (χ4v) is 4.36. The molecule has 0 spiro atoms. The third-order valence-corrected chi connectivity index (χ3v) is 6.54. The van der Waals surface area contributed by atoms with E-state index in [4.69, 9.17) is 9.84 Å². The van der Waals surface area contributed by atoms with Crippen LogP contribution in [0.2, 0.25) is 0 Å². The number of carbonyl (C=O) groups is 1. The smallest absolute Gasteiger partial charge is 0.411 e. The molecule has 0 aliphatic heterocycles. The van der Waals surface area contributed by atoms with Gasteiger partial charge in [-0.25, -0.2) is 23.8 Å². The third kappa shape index (κ3) is 4.71. The Labute approximate surface area is 208 Å². The van der Waals surface area contributed by atoms with Gasteiger partial charge in [-0.2, -0.15) is 10.2 Å². The van der Waals surface area contributed by atoms with Gasteiger partial charge in [0.05, 0.1) is 35.6 Å². The number of amides is 1. The molecule has 1 amide bonds. The topological polar surface area (TPSA) is 99.8 Å². The molecule has 4 aromatic rings. The summed E-state index contributed by atoms with van der Waals surface area (Å²) < 4.78 is 22.0. The number of halogens is 1. The second-order valence-corrected chi connectivity index (χ2v) is 9.17. The molecule has 36 heavy (non-hydrogen) atoms. The number of benzene rings is 1. The highest BCUT2D eigenvalue weighted by Crippen LogP contribution is 2.33. The van der Waals surface area contributed by atoms with E-state index in [0.29, 0.717) is 29.5 Å². The molecule has 0 atom stereocenters. The average Bonchev–Trinajstić information content (AvgIpc) is 3.59. The van der Waals surface area contributed by atoms with Gasteiger partial charge in [-0.15, -0.1) is 0 Å². The molecule has 1 N–H and O–H groups in total. The maximum Gasteiger partial charge on any atom is 0.411 e. The Balaban J connectivity index is 1.48. The van der Waals surface area contributed by atoms with E-state index in [0.717, 1.165) is 40.4 Å². The first-order valence-corrected chi connectivity index (χ1v) is 11.9. The van der Waals surface area contributed by atoms with Crippen LogP contribution < -0.4 is 5.32 Å². The Morgan fingerprint density at radius 3 is 2.58 bits per heavy atom. The van der Waals surface area contributed by atoms with Gasteiger partial charge < -0.3 is 4.74 Å². The number of carbonyl (C=O) groups excluding carboxylic acids is 1. The van der Waals surface area contributed by atoms with E-state index in [1.165, 1.54) is 38.4 Å². The summed E-state index contributed by atoms with van der Waals surface area (Å²) in [6.45, 7) is 6.58. The van der Waals surface area contributed by atoms with Crippen molar-refractivity contribution in [3.63, 3.8) is 0 Å². The number of aromatic nitrogens is 6. The fourth-order valence-electron chi connectivity index (χ4n) is 4.36. The van der Waals surface area contributed by atoms with Crippen LogP contribution in [-0.2, 0) is 17.7 Å². The monoisotopic (exact) mass is 489 g/mol. The van der Waals surface area contributed by atoms with Crippen LogP contribution in [0, 0.1) is 32.5 Å². The predicted octanol–water partition coefficient (Wildman–Crippen LogP) is 4.77. The summed E-state index contributed by atoms with van der Waals surface area (Å²) in [5.41, 5.74) is 6.67. The number of nitrogens with one attached hydrogen (secondary N) is 1. The van der Waals surface area contributed by atoms with E-state index in [1.807, 2.05) is 19.9 Å². The van der Waals surface area contributed by atoms with Crippen molar-refractivity contribution in [2.45, 2.75) is 46.6 Å². The number of hydrogen-bond acceptors (Lipinski definition) is 6. The summed E-state index contributed by atoms with van der Waals surface area (Å²) in [6.07, 6.45) is 3.95. The summed E-state index contributed by atoms with van der Waals surface area (Å²) in [7, 11) is 1.32. The van der Waals surface area contributed by atoms with Crippen molar-refractivity contribution in [3.8, 4) is 17.1 Å². The van der Waals surface area contributed by atoms with Gasteiger partial charge in [0.1, 0.15) is 12.1 Å². The quantitative estimate of drug-likeness (QED) is 0.401. The largest absolute Gasteiger partial charge is 0.453 e. The molecule has 3 heterocycles. The van der Waals surface area contributed by atoms with Gasteiger partial charge >= 0.3 is 6.09 Å². The molecule has 5 rings (SSSR count). The lowest BCUT2D eigenvalue weighted by Crippen LogP contribution is -2.12. The minimum atomic E-state index is -0.555. The van der Waals surface area contributed by atoms with Crippen molar-refractivity contribution in [1.29, 1.82) is 0 Å². The predicted molar refractivity (Wildman–Crippen MR) is 133 cm³/mol. The van der Waals surface area contributed by atoms with E-state index >= 15 is 0 Å². The van der Waals surface area contributed by atoms with Gasteiger partial charge in [0.15, 0.2) is 5.82 Å². The van der Waals surface area contributed by atoms with Gasteiger partial charge in [-0.3, -0.25) is 10.00 Å². The number of nitrogens with zero attached hydrogens (tertiary/aromatic N) is 6. The van der Waals surface area contributed by atoms with Crippen molar-refractivity contribution in [2.75, 3.05) is 12.4 Å². The van der Waals surface area contributed by atoms with Crippen LogP contribution in [0.3, 0.4) is 0 Å². The maximum atomic E-state index is 13.5. The summed E-state index contributed by atoms with van der Waals surface area (Å²) in [5, 5.41) is 12.2. The number of aryl methyl sites for hydroxylation is 1. The van der Waals surface area contributed by atoms with Crippen LogP contribution in [0.15, 0.2) is 36.7 Å². The highest BCUT2D eigenvalue weighted by Gasteiger charge is 2.26. The molecular weight excluding hydrogens is 461 g/mol. The van der Waals surface area contributed by atoms with Crippen LogP contribution in [-0.4, -0.2) is 42.7 Å². The molecule has 1 aliphatic carbocycles. The zero-order valence-corrected chi connectivity index (χ0v) is 20.7. The highest BCUT2D eigenvalue weighted by atomic mass is 19.1. The minimum Gasteiger partial charge on any atom is -0.453 e. The molecule has 0 bridgehead atoms. The van der Waals surface area contributed by atoms with Crippen molar-refractivity contribution >= 4 is 11.8 Å². The zero-order valence-electron chi connectivity index (χ0n) is 20.7. The highest BCUT2D eigenvalue weighted by molar-refractivity contribution is 5.86. The third-order valence-electron chi connectivity index (χ3n) is 6.54. The molecule has 0 radical (unpaired) electrons. The van der Waals surface area contributed by atoms with E-state index in [-0.39, 0.29) is 5.82 Å². The van der Waals surface area contributed by atoms with Gasteiger partial charge in [-0.1, -0.05) is 0 Å². The first-order chi connectivity index (χ1) is 17.3. The summed E-state index contributed by atoms with van der Waals surface area (Å²) in [6, 6.07) is 8.35. The molecule has 3 aromatic heterocycles. The van der Waals surface area contributed by atoms with E-state index in [2.05, 4.69) is 32.0 Å². The Morgan fingerprint density at radius 2 is 1.89 bits per heavy atom. The number of rotatable bonds is 7. The Kier molecular flexibility index (Phi) is 6.26. The van der Waals surface area contributed by atoms with Crippen molar-refractivity contribution < 1.29 is 13.9 Å². The lowest BCUT2D eigenvalue weighted by molar-refractivity contribution is 0.187. The molecule has 0 unspecified atom stereocenters. The molecule has 10 heteroatoms. The first kappa shape index (κ1) is 23.7. The summed E-state index contributed by atoms with van der Waals surface area (Å²) >= 11 is 0. The van der Waals surface area contributed by atoms with Crippen molar-refractivity contribution in [1.82, 2.24) is 29.5 Å². The van der Waals surface area contributed by atoms with Crippen LogP contribution in [0.1, 0.15) is 41.2 Å². The van der Waals surface area contributed by atoms with E-state index < -0.39 is 6.09 Å². The van der Waals surface area contributed by atoms with Crippen LogP contribution in [0.4, 0.5) is 14.9 Å². The maximum absolute atomic E-state index is 13.5. The molecular formula is C26H28FN7O2. The Morgan fingerprint density at radius 1 is 1.14 bits per heavy atom. The number of anilines is 1. The lowest BCUT2D eigenvalue weighted by Gasteiger charge is -2.09. The number of methoxy groups -OCH3 is 1. The summed E-state index contributed by atoms with van der Waals surface area (Å²) in [5.74, 6) is 0.973. The zero-order chi connectivity index (χ0) is 25.4. The number of hydrogen-bond donors (Lipinski definition) is 1. The molecule has 1 aliphatic rings. The standard InChI is InChI=1S/C26H28FN7O2/c1-15-22(33(13-18-5-6-18)32-24(15)19-7-9-20(27)10-8-19)11-21-12-23(29-14-28-21)34-17(3)25(16(2)31-34)30-26(35)36-4/h7-10,12,14,18H,5-6,11,13H2,1-4H3,(H,30,35). The van der Waals surface area contributed by atoms with Gasteiger partial charge in [0.25, 0.3) is 0 Å². The van der Waals surface area contributed by atoms with E-state index in [1.54, 1.807) is 16.8 Å². The average molecular weight is 490 g/mol. The molecule has 9 nitrogen and oxygen atoms in total. The molecule has 0 saturated heterocycles. The number of ether oxygens (including phenoxy) is 1. The van der Waals surface area contributed by atoms with Crippen molar-refractivity contribution in [3.05, 3.63) is 70.8 Å². The van der Waals surface area contributed by atoms with Gasteiger partial charge in [-0.05, 0) is 69.4 Å². The van der Waals surface area contributed by atoms with Crippen LogP contribution in [0.5, 0.6) is 0 Å². The van der Waals surface area contributed by atoms with Crippen molar-refractivity contribution in [2.24, 2.45) is 5.92 Å². The molecule has 1 saturated carbocycles. The molecule has 1 aromatic carbocycles. The Bertz CT molecular complexity index is 1420.